The fraction of sp³-hybridized carbons (Fsp3) is 0.581. The van der Waals surface area contributed by atoms with Gasteiger partial charge in [-0.3, -0.25) is 0 Å². The number of benzene rings is 2. The number of halogens is 1. The Hall–Kier alpha value is -2.88. The van der Waals surface area contributed by atoms with Gasteiger partial charge in [0.15, 0.2) is 11.5 Å². The van der Waals surface area contributed by atoms with Crippen LogP contribution in [0.5, 0.6) is 11.5 Å². The van der Waals surface area contributed by atoms with Crippen LogP contribution in [0.15, 0.2) is 42.5 Å². The summed E-state index contributed by atoms with van der Waals surface area (Å²) in [6, 6.07) is 11.2. The SMILES string of the molecule is COCCCOc1cc(C[C@@H](C[C@H](N)[C@@H](O)CNC(=O)NC(C)(C)Cc2ccc(F)cc2)C(C)C)ccc1OC. The lowest BCUT2D eigenvalue weighted by Crippen LogP contribution is -2.52. The maximum absolute atomic E-state index is 13.2. The number of aliphatic hydroxyl groups is 1. The lowest BCUT2D eigenvalue weighted by molar-refractivity contribution is 0.124. The first-order valence-electron chi connectivity index (χ1n) is 14.0. The monoisotopic (exact) mass is 561 g/mol. The molecule has 8 nitrogen and oxygen atoms in total. The van der Waals surface area contributed by atoms with Gasteiger partial charge in [-0.05, 0) is 80.3 Å². The van der Waals surface area contributed by atoms with Gasteiger partial charge in [-0.25, -0.2) is 9.18 Å². The van der Waals surface area contributed by atoms with Crippen molar-refractivity contribution in [3.05, 3.63) is 59.4 Å². The highest BCUT2D eigenvalue weighted by atomic mass is 19.1. The first kappa shape index (κ1) is 33.3. The van der Waals surface area contributed by atoms with Gasteiger partial charge < -0.3 is 35.7 Å². The van der Waals surface area contributed by atoms with Gasteiger partial charge in [-0.15, -0.1) is 0 Å². The van der Waals surface area contributed by atoms with E-state index in [9.17, 15) is 14.3 Å². The zero-order valence-corrected chi connectivity index (χ0v) is 24.8. The van der Waals surface area contributed by atoms with E-state index < -0.39 is 23.7 Å². The van der Waals surface area contributed by atoms with E-state index in [1.165, 1.54) is 12.1 Å². The smallest absolute Gasteiger partial charge is 0.315 e. The Kier molecular flexibility index (Phi) is 13.7. The molecule has 0 heterocycles. The summed E-state index contributed by atoms with van der Waals surface area (Å²) < 4.78 is 29.7. The molecule has 0 spiro atoms. The van der Waals surface area contributed by atoms with Gasteiger partial charge in [-0.1, -0.05) is 32.0 Å². The normalized spacial score (nSPS) is 13.9. The Bertz CT molecular complexity index is 1030. The van der Waals surface area contributed by atoms with Gasteiger partial charge in [0.2, 0.25) is 0 Å². The molecule has 0 aliphatic rings. The molecule has 2 aromatic rings. The molecule has 0 aliphatic heterocycles. The lowest BCUT2D eigenvalue weighted by atomic mass is 9.83. The van der Waals surface area contributed by atoms with Gasteiger partial charge >= 0.3 is 6.03 Å². The molecular formula is C31H48FN3O5. The fourth-order valence-electron chi connectivity index (χ4n) is 4.60. The minimum Gasteiger partial charge on any atom is -0.493 e. The van der Waals surface area contributed by atoms with Crippen LogP contribution in [0.25, 0.3) is 0 Å². The molecule has 0 aliphatic carbocycles. The Labute approximate surface area is 238 Å². The highest BCUT2D eigenvalue weighted by Crippen LogP contribution is 2.31. The summed E-state index contributed by atoms with van der Waals surface area (Å²) in [6.07, 6.45) is 1.77. The molecule has 0 bridgehead atoms. The van der Waals surface area contributed by atoms with Crippen molar-refractivity contribution in [2.75, 3.05) is 34.0 Å². The number of nitrogens with one attached hydrogen (secondary N) is 2. The van der Waals surface area contributed by atoms with Crippen molar-refractivity contribution in [2.24, 2.45) is 17.6 Å². The highest BCUT2D eigenvalue weighted by Gasteiger charge is 2.25. The van der Waals surface area contributed by atoms with E-state index in [1.807, 2.05) is 32.0 Å². The second-order valence-electron chi connectivity index (χ2n) is 11.4. The molecule has 224 valence electrons. The predicted octanol–water partition coefficient (Wildman–Crippen LogP) is 4.46. The van der Waals surface area contributed by atoms with Crippen molar-refractivity contribution in [1.29, 1.82) is 0 Å². The van der Waals surface area contributed by atoms with E-state index in [-0.39, 0.29) is 18.3 Å². The summed E-state index contributed by atoms with van der Waals surface area (Å²) in [5, 5.41) is 16.4. The number of hydrogen-bond acceptors (Lipinski definition) is 6. The minimum absolute atomic E-state index is 0.0342. The summed E-state index contributed by atoms with van der Waals surface area (Å²) >= 11 is 0. The molecular weight excluding hydrogens is 513 g/mol. The average Bonchev–Trinajstić information content (AvgIpc) is 2.90. The quantitative estimate of drug-likeness (QED) is 0.212. The van der Waals surface area contributed by atoms with Crippen LogP contribution in [0.3, 0.4) is 0 Å². The summed E-state index contributed by atoms with van der Waals surface area (Å²) in [5.41, 5.74) is 7.84. The van der Waals surface area contributed by atoms with Crippen LogP contribution in [0, 0.1) is 17.7 Å². The third-order valence-corrected chi connectivity index (χ3v) is 6.97. The van der Waals surface area contributed by atoms with Crippen LogP contribution >= 0.6 is 0 Å². The molecule has 2 rings (SSSR count). The number of amides is 2. The van der Waals surface area contributed by atoms with E-state index in [0.717, 1.165) is 24.0 Å². The van der Waals surface area contributed by atoms with Crippen molar-refractivity contribution < 1.29 is 28.5 Å². The molecule has 5 N–H and O–H groups in total. The third kappa shape index (κ3) is 11.7. The van der Waals surface area contributed by atoms with Crippen LogP contribution in [-0.2, 0) is 17.6 Å². The molecule has 3 atom stereocenters. The largest absolute Gasteiger partial charge is 0.493 e. The number of carbonyl (C=O) groups is 1. The Morgan fingerprint density at radius 2 is 1.73 bits per heavy atom. The zero-order valence-electron chi connectivity index (χ0n) is 24.8. The highest BCUT2D eigenvalue weighted by molar-refractivity contribution is 5.74. The van der Waals surface area contributed by atoms with E-state index >= 15 is 0 Å². The fourth-order valence-corrected chi connectivity index (χ4v) is 4.60. The molecule has 0 fully saturated rings. The first-order valence-corrected chi connectivity index (χ1v) is 14.0. The second-order valence-corrected chi connectivity index (χ2v) is 11.4. The summed E-state index contributed by atoms with van der Waals surface area (Å²) in [7, 11) is 3.29. The maximum atomic E-state index is 13.2. The van der Waals surface area contributed by atoms with Crippen LogP contribution in [0.1, 0.15) is 51.7 Å². The molecule has 2 aromatic carbocycles. The van der Waals surface area contributed by atoms with Crippen LogP contribution in [0.4, 0.5) is 9.18 Å². The number of hydrogen-bond donors (Lipinski definition) is 4. The molecule has 0 aromatic heterocycles. The van der Waals surface area contributed by atoms with Crippen molar-refractivity contribution >= 4 is 6.03 Å². The molecule has 0 saturated heterocycles. The Morgan fingerprint density at radius 3 is 2.35 bits per heavy atom. The van der Waals surface area contributed by atoms with E-state index in [1.54, 1.807) is 26.4 Å². The number of methoxy groups -OCH3 is 2. The predicted molar refractivity (Wildman–Crippen MR) is 156 cm³/mol. The third-order valence-electron chi connectivity index (χ3n) is 6.97. The van der Waals surface area contributed by atoms with Gasteiger partial charge in [0.1, 0.15) is 5.82 Å². The number of rotatable bonds is 17. The number of ether oxygens (including phenoxy) is 3. The topological polar surface area (TPSA) is 115 Å². The van der Waals surface area contributed by atoms with E-state index in [0.29, 0.717) is 43.5 Å². The van der Waals surface area contributed by atoms with Gasteiger partial charge in [0.25, 0.3) is 0 Å². The Balaban J connectivity index is 1.89. The molecule has 9 heteroatoms. The van der Waals surface area contributed by atoms with Gasteiger partial charge in [0, 0.05) is 38.3 Å². The number of nitrogens with two attached hydrogens (primary N) is 1. The molecule has 2 amide bonds. The van der Waals surface area contributed by atoms with E-state index in [2.05, 4.69) is 24.5 Å². The molecule has 0 radical (unpaired) electrons. The Morgan fingerprint density at radius 1 is 1.05 bits per heavy atom. The average molecular weight is 562 g/mol. The zero-order chi connectivity index (χ0) is 29.7. The van der Waals surface area contributed by atoms with Crippen molar-refractivity contribution in [3.8, 4) is 11.5 Å². The van der Waals surface area contributed by atoms with Crippen molar-refractivity contribution in [3.63, 3.8) is 0 Å². The van der Waals surface area contributed by atoms with Crippen LogP contribution in [0.2, 0.25) is 0 Å². The minimum atomic E-state index is -0.900. The maximum Gasteiger partial charge on any atom is 0.315 e. The molecule has 0 unspecified atom stereocenters. The number of urea groups is 1. The summed E-state index contributed by atoms with van der Waals surface area (Å²) in [4.78, 5) is 12.5. The van der Waals surface area contributed by atoms with Crippen LogP contribution in [-0.4, -0.2) is 62.8 Å². The molecule has 0 saturated carbocycles. The molecule has 40 heavy (non-hydrogen) atoms. The lowest BCUT2D eigenvalue weighted by Gasteiger charge is -2.29. The van der Waals surface area contributed by atoms with Crippen molar-refractivity contribution in [2.45, 2.75) is 71.1 Å². The second kappa shape index (κ2) is 16.4. The standard InChI is InChI=1S/C31H48FN3O5/c1-21(2)24(16-23-10-13-28(39-6)29(17-23)40-15-7-14-38-5)18-26(33)27(36)20-34-30(37)35-31(3,4)19-22-8-11-25(32)12-9-22/h8-13,17,21,24,26-27,36H,7,14-16,18-20,33H2,1-6H3,(H2,34,35,37)/t24-,26-,27-/m0/s1. The van der Waals surface area contributed by atoms with E-state index in [4.69, 9.17) is 19.9 Å². The van der Waals surface area contributed by atoms with Crippen molar-refractivity contribution in [1.82, 2.24) is 10.6 Å². The number of aliphatic hydroxyl groups excluding tert-OH is 1. The summed E-state index contributed by atoms with van der Waals surface area (Å²) in [6.45, 7) is 9.26. The summed E-state index contributed by atoms with van der Waals surface area (Å²) in [5.74, 6) is 1.62. The first-order chi connectivity index (χ1) is 18.9. The van der Waals surface area contributed by atoms with Crippen LogP contribution < -0.4 is 25.8 Å². The number of carbonyl (C=O) groups excluding carboxylic acids is 1. The van der Waals surface area contributed by atoms with Gasteiger partial charge in [-0.2, -0.15) is 0 Å². The van der Waals surface area contributed by atoms with Gasteiger partial charge in [0.05, 0.1) is 19.8 Å².